The summed E-state index contributed by atoms with van der Waals surface area (Å²) in [6.07, 6.45) is 0.640. The van der Waals surface area contributed by atoms with Crippen molar-refractivity contribution in [1.82, 2.24) is 0 Å². The van der Waals surface area contributed by atoms with E-state index < -0.39 is 14.3 Å². The van der Waals surface area contributed by atoms with Crippen LogP contribution in [-0.2, 0) is 0 Å². The van der Waals surface area contributed by atoms with Gasteiger partial charge in [0.25, 0.3) is 0 Å². The molecule has 1 atom stereocenters. The third kappa shape index (κ3) is 5.38. The highest BCUT2D eigenvalue weighted by Crippen LogP contribution is 2.22. The normalized spacial score (nSPS) is 13.5. The highest BCUT2D eigenvalue weighted by Gasteiger charge is 2.24. The molecule has 4 heteroatoms. The fourth-order valence-electron chi connectivity index (χ4n) is 1.02. The zero-order valence-corrected chi connectivity index (χ0v) is 9.34. The Hall–Kier alpha value is -0.873. The van der Waals surface area contributed by atoms with E-state index in [2.05, 4.69) is 0 Å². The largest absolute Gasteiger partial charge is 0.314 e. The minimum Gasteiger partial charge on any atom is -0.314 e. The first-order valence-corrected chi connectivity index (χ1v) is 7.47. The summed E-state index contributed by atoms with van der Waals surface area (Å²) >= 11 is 0. The molecule has 0 aliphatic rings. The van der Waals surface area contributed by atoms with Crippen LogP contribution in [0.1, 0.15) is 13.3 Å². The van der Waals surface area contributed by atoms with Crippen LogP contribution in [0.4, 0.5) is 4.11 Å². The second-order valence-corrected chi connectivity index (χ2v) is 7.91. The van der Waals surface area contributed by atoms with Crippen LogP contribution in [0.15, 0.2) is 0 Å². The van der Waals surface area contributed by atoms with Crippen LogP contribution >= 0.6 is 0 Å². The van der Waals surface area contributed by atoms with Gasteiger partial charge in [0.2, 0.25) is 8.41 Å². The third-order valence-corrected chi connectivity index (χ3v) is 3.52. The summed E-state index contributed by atoms with van der Waals surface area (Å²) in [5, 5.41) is 17.1. The molecule has 0 aromatic rings. The van der Waals surface area contributed by atoms with Crippen molar-refractivity contribution in [2.75, 3.05) is 0 Å². The third-order valence-electron chi connectivity index (χ3n) is 2.04. The molecular formula is C9H15FN2Si. The van der Waals surface area contributed by atoms with Crippen molar-refractivity contribution in [3.8, 4) is 12.1 Å². The SMILES string of the molecule is CC(CC[Si](C)(C)F)C(C#N)C#N. The van der Waals surface area contributed by atoms with E-state index in [0.29, 0.717) is 12.5 Å². The highest BCUT2D eigenvalue weighted by atomic mass is 28.4. The molecule has 72 valence electrons. The maximum Gasteiger partial charge on any atom is 0.240 e. The fraction of sp³-hybridized carbons (Fsp3) is 0.778. The molecule has 0 saturated carbocycles. The monoisotopic (exact) mass is 198 g/mol. The van der Waals surface area contributed by atoms with Gasteiger partial charge in [0.05, 0.1) is 12.1 Å². The Morgan fingerprint density at radius 1 is 1.31 bits per heavy atom. The highest BCUT2D eigenvalue weighted by molar-refractivity contribution is 6.70. The lowest BCUT2D eigenvalue weighted by atomic mass is 9.95. The first-order valence-electron chi connectivity index (χ1n) is 4.39. The van der Waals surface area contributed by atoms with Gasteiger partial charge in [-0.15, -0.1) is 0 Å². The van der Waals surface area contributed by atoms with Crippen LogP contribution in [0.2, 0.25) is 19.1 Å². The molecule has 0 radical (unpaired) electrons. The van der Waals surface area contributed by atoms with Crippen molar-refractivity contribution in [3.05, 3.63) is 0 Å². The average molecular weight is 198 g/mol. The first kappa shape index (κ1) is 12.1. The lowest BCUT2D eigenvalue weighted by Crippen LogP contribution is -2.20. The van der Waals surface area contributed by atoms with Crippen LogP contribution in [0, 0.1) is 34.5 Å². The van der Waals surface area contributed by atoms with E-state index in [1.54, 1.807) is 13.1 Å². The van der Waals surface area contributed by atoms with Crippen LogP contribution in [0.3, 0.4) is 0 Å². The van der Waals surface area contributed by atoms with E-state index in [0.717, 1.165) is 0 Å². The summed E-state index contributed by atoms with van der Waals surface area (Å²) < 4.78 is 13.2. The van der Waals surface area contributed by atoms with Gasteiger partial charge in [-0.25, -0.2) is 0 Å². The minimum absolute atomic E-state index is 0.0162. The van der Waals surface area contributed by atoms with Gasteiger partial charge in [-0.2, -0.15) is 10.5 Å². The molecule has 0 N–H and O–H groups in total. The van der Waals surface area contributed by atoms with Gasteiger partial charge in [0, 0.05) is 0 Å². The van der Waals surface area contributed by atoms with Crippen molar-refractivity contribution in [1.29, 1.82) is 10.5 Å². The zero-order valence-electron chi connectivity index (χ0n) is 8.34. The Balaban J connectivity index is 3.97. The van der Waals surface area contributed by atoms with Crippen LogP contribution < -0.4 is 0 Å². The predicted molar refractivity (Wildman–Crippen MR) is 51.9 cm³/mol. The number of hydrogen-bond acceptors (Lipinski definition) is 2. The van der Waals surface area contributed by atoms with Crippen molar-refractivity contribution >= 4 is 8.41 Å². The van der Waals surface area contributed by atoms with E-state index in [-0.39, 0.29) is 5.92 Å². The summed E-state index contributed by atoms with van der Waals surface area (Å²) in [5.41, 5.74) is 0. The lowest BCUT2D eigenvalue weighted by molar-refractivity contribution is 0.490. The molecule has 0 saturated heterocycles. The topological polar surface area (TPSA) is 47.6 Å². The second-order valence-electron chi connectivity index (χ2n) is 3.97. The maximum absolute atomic E-state index is 13.2. The number of nitrogens with zero attached hydrogens (tertiary/aromatic N) is 2. The summed E-state index contributed by atoms with van der Waals surface area (Å²) in [4.78, 5) is 0. The molecule has 0 fully saturated rings. The zero-order chi connectivity index (χ0) is 10.5. The quantitative estimate of drug-likeness (QED) is 0.515. The summed E-state index contributed by atoms with van der Waals surface area (Å²) in [6.45, 7) is 5.12. The summed E-state index contributed by atoms with van der Waals surface area (Å²) in [7, 11) is -2.51. The Bertz CT molecular complexity index is 219. The molecule has 0 spiro atoms. The van der Waals surface area contributed by atoms with Crippen LogP contribution in [0.5, 0.6) is 0 Å². The molecular weight excluding hydrogens is 183 g/mol. The van der Waals surface area contributed by atoms with Gasteiger partial charge in [-0.05, 0) is 31.5 Å². The van der Waals surface area contributed by atoms with Gasteiger partial charge < -0.3 is 4.11 Å². The number of hydrogen-bond donors (Lipinski definition) is 0. The standard InChI is InChI=1S/C9H15FN2Si/c1-8(9(6-11)7-12)4-5-13(2,3)10/h8-9H,4-5H2,1-3H3. The lowest BCUT2D eigenvalue weighted by Gasteiger charge is -2.15. The summed E-state index contributed by atoms with van der Waals surface area (Å²) in [5.74, 6) is -0.603. The molecule has 13 heavy (non-hydrogen) atoms. The van der Waals surface area contributed by atoms with Crippen molar-refractivity contribution < 1.29 is 4.11 Å². The molecule has 0 aliphatic heterocycles. The smallest absolute Gasteiger partial charge is 0.240 e. The maximum atomic E-state index is 13.2. The van der Waals surface area contributed by atoms with Crippen LogP contribution in [0.25, 0.3) is 0 Å². The molecule has 0 aromatic carbocycles. The van der Waals surface area contributed by atoms with Crippen LogP contribution in [-0.4, -0.2) is 8.41 Å². The van der Waals surface area contributed by atoms with Crippen molar-refractivity contribution in [2.24, 2.45) is 11.8 Å². The van der Waals surface area contributed by atoms with E-state index in [4.69, 9.17) is 10.5 Å². The minimum atomic E-state index is -2.51. The van der Waals surface area contributed by atoms with E-state index >= 15 is 0 Å². The van der Waals surface area contributed by atoms with Crippen molar-refractivity contribution in [3.63, 3.8) is 0 Å². The van der Waals surface area contributed by atoms with Gasteiger partial charge in [-0.3, -0.25) is 0 Å². The molecule has 0 aliphatic carbocycles. The predicted octanol–water partition coefficient (Wildman–Crippen LogP) is 2.85. The van der Waals surface area contributed by atoms with Gasteiger partial charge in [0.15, 0.2) is 0 Å². The first-order chi connectivity index (χ1) is 5.90. The molecule has 0 heterocycles. The summed E-state index contributed by atoms with van der Waals surface area (Å²) in [6, 6.07) is 4.37. The number of rotatable bonds is 4. The Kier molecular flexibility index (Phi) is 4.65. The Labute approximate surface area is 80.2 Å². The van der Waals surface area contributed by atoms with E-state index in [9.17, 15) is 4.11 Å². The van der Waals surface area contributed by atoms with Gasteiger partial charge in [0.1, 0.15) is 5.92 Å². The Morgan fingerprint density at radius 3 is 2.08 bits per heavy atom. The molecule has 0 amide bonds. The average Bonchev–Trinajstić information content (AvgIpc) is 2.02. The second kappa shape index (κ2) is 4.99. The molecule has 2 nitrogen and oxygen atoms in total. The Morgan fingerprint density at radius 2 is 1.77 bits per heavy atom. The van der Waals surface area contributed by atoms with E-state index in [1.807, 2.05) is 19.1 Å². The molecule has 1 unspecified atom stereocenters. The molecule has 0 aromatic heterocycles. The van der Waals surface area contributed by atoms with Crippen molar-refractivity contribution in [2.45, 2.75) is 32.5 Å². The molecule has 0 bridgehead atoms. The van der Waals surface area contributed by atoms with Gasteiger partial charge in [-0.1, -0.05) is 6.92 Å². The number of nitriles is 2. The fourth-order valence-corrected chi connectivity index (χ4v) is 2.16. The number of halogens is 1. The van der Waals surface area contributed by atoms with Gasteiger partial charge >= 0.3 is 0 Å². The van der Waals surface area contributed by atoms with E-state index in [1.165, 1.54) is 0 Å². The molecule has 0 rings (SSSR count).